The van der Waals surface area contributed by atoms with E-state index < -0.39 is 0 Å². The van der Waals surface area contributed by atoms with Crippen molar-refractivity contribution < 1.29 is 9.59 Å². The Morgan fingerprint density at radius 3 is 2.25 bits per heavy atom. The van der Waals surface area contributed by atoms with Gasteiger partial charge in [-0.15, -0.1) is 0 Å². The SMILES string of the molecule is CC(=O)C1C(C)CCN1C(C)=O. The van der Waals surface area contributed by atoms with E-state index in [-0.39, 0.29) is 17.7 Å². The Hall–Kier alpha value is -0.860. The maximum absolute atomic E-state index is 11.2. The van der Waals surface area contributed by atoms with Gasteiger partial charge < -0.3 is 4.90 Å². The number of hydrogen-bond acceptors (Lipinski definition) is 2. The summed E-state index contributed by atoms with van der Waals surface area (Å²) in [7, 11) is 0. The summed E-state index contributed by atoms with van der Waals surface area (Å²) in [6, 6.07) is -0.164. The van der Waals surface area contributed by atoms with Gasteiger partial charge in [0.25, 0.3) is 0 Å². The van der Waals surface area contributed by atoms with Gasteiger partial charge in [0.1, 0.15) is 0 Å². The van der Waals surface area contributed by atoms with Crippen molar-refractivity contribution >= 4 is 11.7 Å². The summed E-state index contributed by atoms with van der Waals surface area (Å²) in [4.78, 5) is 23.9. The van der Waals surface area contributed by atoms with Gasteiger partial charge in [-0.05, 0) is 19.3 Å². The van der Waals surface area contributed by atoms with Crippen LogP contribution in [-0.2, 0) is 9.59 Å². The summed E-state index contributed by atoms with van der Waals surface area (Å²) in [6.07, 6.45) is 0.948. The number of carbonyl (C=O) groups is 2. The van der Waals surface area contributed by atoms with Crippen molar-refractivity contribution in [2.24, 2.45) is 5.92 Å². The zero-order valence-corrected chi connectivity index (χ0v) is 7.83. The molecule has 68 valence electrons. The van der Waals surface area contributed by atoms with E-state index in [9.17, 15) is 9.59 Å². The number of carbonyl (C=O) groups excluding carboxylic acids is 2. The van der Waals surface area contributed by atoms with E-state index in [1.165, 1.54) is 6.92 Å². The van der Waals surface area contributed by atoms with Gasteiger partial charge in [0.05, 0.1) is 6.04 Å². The van der Waals surface area contributed by atoms with E-state index >= 15 is 0 Å². The van der Waals surface area contributed by atoms with E-state index in [0.29, 0.717) is 5.92 Å². The smallest absolute Gasteiger partial charge is 0.220 e. The van der Waals surface area contributed by atoms with Crippen molar-refractivity contribution in [1.29, 1.82) is 0 Å². The second-order valence-electron chi connectivity index (χ2n) is 3.53. The van der Waals surface area contributed by atoms with Gasteiger partial charge in [-0.2, -0.15) is 0 Å². The molecule has 1 fully saturated rings. The number of amides is 1. The average molecular weight is 169 g/mol. The first-order valence-electron chi connectivity index (χ1n) is 4.31. The van der Waals surface area contributed by atoms with Crippen LogP contribution in [0.5, 0.6) is 0 Å². The fraction of sp³-hybridized carbons (Fsp3) is 0.778. The van der Waals surface area contributed by atoms with Crippen LogP contribution in [0.1, 0.15) is 27.2 Å². The Bertz CT molecular complexity index is 213. The van der Waals surface area contributed by atoms with Crippen LogP contribution in [0.15, 0.2) is 0 Å². The third-order valence-corrected chi connectivity index (χ3v) is 2.52. The van der Waals surface area contributed by atoms with Crippen LogP contribution < -0.4 is 0 Å². The molecule has 0 bridgehead atoms. The summed E-state index contributed by atoms with van der Waals surface area (Å²) in [5.74, 6) is 0.446. The quantitative estimate of drug-likeness (QED) is 0.583. The van der Waals surface area contributed by atoms with Gasteiger partial charge >= 0.3 is 0 Å². The molecule has 0 aromatic rings. The van der Waals surface area contributed by atoms with Crippen molar-refractivity contribution in [3.8, 4) is 0 Å². The highest BCUT2D eigenvalue weighted by Gasteiger charge is 2.35. The van der Waals surface area contributed by atoms with Crippen molar-refractivity contribution in [2.45, 2.75) is 33.2 Å². The molecule has 3 nitrogen and oxygen atoms in total. The molecule has 0 N–H and O–H groups in total. The molecular formula is C9H15NO2. The van der Waals surface area contributed by atoms with Crippen molar-refractivity contribution in [3.05, 3.63) is 0 Å². The molecule has 0 radical (unpaired) electrons. The molecule has 1 aliphatic rings. The summed E-state index contributed by atoms with van der Waals surface area (Å²) in [5.41, 5.74) is 0. The lowest BCUT2D eigenvalue weighted by Gasteiger charge is -2.22. The second kappa shape index (κ2) is 3.25. The Labute approximate surface area is 72.7 Å². The second-order valence-corrected chi connectivity index (χ2v) is 3.53. The topological polar surface area (TPSA) is 37.4 Å². The number of ketones is 1. The molecule has 2 unspecified atom stereocenters. The van der Waals surface area contributed by atoms with Gasteiger partial charge in [-0.3, -0.25) is 9.59 Å². The third kappa shape index (κ3) is 1.49. The number of Topliss-reactive ketones (excluding diaryl/α,β-unsaturated/α-hetero) is 1. The van der Waals surface area contributed by atoms with Gasteiger partial charge in [0.15, 0.2) is 5.78 Å². The third-order valence-electron chi connectivity index (χ3n) is 2.52. The Morgan fingerprint density at radius 2 is 1.92 bits per heavy atom. The average Bonchev–Trinajstić information content (AvgIpc) is 2.30. The van der Waals surface area contributed by atoms with Crippen molar-refractivity contribution in [2.75, 3.05) is 6.54 Å². The molecule has 1 saturated heterocycles. The number of hydrogen-bond donors (Lipinski definition) is 0. The molecule has 1 heterocycles. The maximum atomic E-state index is 11.2. The molecule has 3 heteroatoms. The van der Waals surface area contributed by atoms with E-state index in [0.717, 1.165) is 13.0 Å². The van der Waals surface area contributed by atoms with Crippen LogP contribution in [0.25, 0.3) is 0 Å². The lowest BCUT2D eigenvalue weighted by Crippen LogP contribution is -2.40. The van der Waals surface area contributed by atoms with Crippen LogP contribution in [0.4, 0.5) is 0 Å². The summed E-state index contributed by atoms with van der Waals surface area (Å²) in [6.45, 7) is 5.84. The molecule has 0 aliphatic carbocycles. The fourth-order valence-corrected chi connectivity index (χ4v) is 1.92. The molecule has 0 aromatic carbocycles. The molecule has 12 heavy (non-hydrogen) atoms. The van der Waals surface area contributed by atoms with Crippen molar-refractivity contribution in [3.63, 3.8) is 0 Å². The minimum absolute atomic E-state index is 0.0135. The number of nitrogens with zero attached hydrogens (tertiary/aromatic N) is 1. The Kier molecular flexibility index (Phi) is 2.50. The minimum atomic E-state index is -0.164. The van der Waals surface area contributed by atoms with Crippen LogP contribution in [0.3, 0.4) is 0 Å². The maximum Gasteiger partial charge on any atom is 0.220 e. The molecule has 1 amide bonds. The van der Waals surface area contributed by atoms with Crippen LogP contribution in [0, 0.1) is 5.92 Å². The van der Waals surface area contributed by atoms with Gasteiger partial charge in [0.2, 0.25) is 5.91 Å². The van der Waals surface area contributed by atoms with Crippen molar-refractivity contribution in [1.82, 2.24) is 4.90 Å². The van der Waals surface area contributed by atoms with E-state index in [1.807, 2.05) is 6.92 Å². The van der Waals surface area contributed by atoms with E-state index in [1.54, 1.807) is 11.8 Å². The predicted octanol–water partition coefficient (Wildman–Crippen LogP) is 0.832. The summed E-state index contributed by atoms with van der Waals surface area (Å²) >= 11 is 0. The van der Waals surface area contributed by atoms with Gasteiger partial charge in [-0.1, -0.05) is 6.92 Å². The van der Waals surface area contributed by atoms with E-state index in [4.69, 9.17) is 0 Å². The standard InChI is InChI=1S/C9H15NO2/c1-6-4-5-10(8(3)12)9(6)7(2)11/h6,9H,4-5H2,1-3H3. The van der Waals surface area contributed by atoms with Crippen LogP contribution in [-0.4, -0.2) is 29.2 Å². The minimum Gasteiger partial charge on any atom is -0.333 e. The molecule has 0 saturated carbocycles. The predicted molar refractivity (Wildman–Crippen MR) is 45.6 cm³/mol. The summed E-state index contributed by atoms with van der Waals surface area (Å²) in [5, 5.41) is 0. The molecule has 0 spiro atoms. The molecule has 1 aliphatic heterocycles. The van der Waals surface area contributed by atoms with Crippen LogP contribution >= 0.6 is 0 Å². The van der Waals surface area contributed by atoms with E-state index in [2.05, 4.69) is 0 Å². The zero-order valence-electron chi connectivity index (χ0n) is 7.83. The fourth-order valence-electron chi connectivity index (χ4n) is 1.92. The lowest BCUT2D eigenvalue weighted by atomic mass is 10.00. The monoisotopic (exact) mass is 169 g/mol. The lowest BCUT2D eigenvalue weighted by molar-refractivity contribution is -0.135. The highest BCUT2D eigenvalue weighted by Crippen LogP contribution is 2.24. The molecular weight excluding hydrogens is 154 g/mol. The zero-order chi connectivity index (χ0) is 9.30. The first kappa shape index (κ1) is 9.23. The largest absolute Gasteiger partial charge is 0.333 e. The Morgan fingerprint density at radius 1 is 1.33 bits per heavy atom. The number of likely N-dealkylation sites (tertiary alicyclic amines) is 1. The van der Waals surface area contributed by atoms with Crippen LogP contribution in [0.2, 0.25) is 0 Å². The van der Waals surface area contributed by atoms with Gasteiger partial charge in [0, 0.05) is 13.5 Å². The summed E-state index contributed by atoms with van der Waals surface area (Å²) < 4.78 is 0. The highest BCUT2D eigenvalue weighted by molar-refractivity contribution is 5.87. The normalized spacial score (nSPS) is 29.1. The molecule has 1 rings (SSSR count). The first-order chi connectivity index (χ1) is 5.54. The Balaban J connectivity index is 2.77. The molecule has 0 aromatic heterocycles. The molecule has 2 atom stereocenters. The highest BCUT2D eigenvalue weighted by atomic mass is 16.2. The number of rotatable bonds is 1. The first-order valence-corrected chi connectivity index (χ1v) is 4.31. The van der Waals surface area contributed by atoms with Gasteiger partial charge in [-0.25, -0.2) is 0 Å².